The summed E-state index contributed by atoms with van der Waals surface area (Å²) in [5.41, 5.74) is 1.11. The number of fused-ring (bicyclic) bond motifs is 1. The Labute approximate surface area is 111 Å². The summed E-state index contributed by atoms with van der Waals surface area (Å²) in [5, 5.41) is 6.16. The first-order chi connectivity index (χ1) is 8.81. The molecule has 0 atom stereocenters. The normalized spacial score (nSPS) is 11.2. The monoisotopic (exact) mass is 259 g/mol. The van der Waals surface area contributed by atoms with Crippen LogP contribution in [0.25, 0.3) is 16.2 Å². The molecule has 2 aromatic rings. The Morgan fingerprint density at radius 3 is 3.06 bits per heavy atom. The summed E-state index contributed by atoms with van der Waals surface area (Å²) >= 11 is 1.70. The lowest BCUT2D eigenvalue weighted by Gasteiger charge is -1.98. The quantitative estimate of drug-likeness (QED) is 0.641. The highest BCUT2D eigenvalue weighted by atomic mass is 32.1. The van der Waals surface area contributed by atoms with Gasteiger partial charge in [-0.15, -0.1) is 11.3 Å². The van der Waals surface area contributed by atoms with Crippen LogP contribution in [0.15, 0.2) is 35.7 Å². The molecule has 0 unspecified atom stereocenters. The van der Waals surface area contributed by atoms with E-state index in [1.165, 1.54) is 10.1 Å². The molecular weight excluding hydrogens is 242 g/mol. The van der Waals surface area contributed by atoms with Gasteiger partial charge in [-0.3, -0.25) is 4.79 Å². The van der Waals surface area contributed by atoms with Gasteiger partial charge in [0.05, 0.1) is 0 Å². The molecule has 3 heteroatoms. The van der Waals surface area contributed by atoms with Crippen LogP contribution in [-0.2, 0) is 4.79 Å². The zero-order chi connectivity index (χ0) is 12.8. The minimum atomic E-state index is -0.0151. The van der Waals surface area contributed by atoms with Crippen molar-refractivity contribution in [1.82, 2.24) is 5.32 Å². The van der Waals surface area contributed by atoms with Crippen LogP contribution in [0.4, 0.5) is 0 Å². The maximum absolute atomic E-state index is 11.6. The van der Waals surface area contributed by atoms with E-state index in [1.807, 2.05) is 18.2 Å². The van der Waals surface area contributed by atoms with Crippen LogP contribution in [0.2, 0.25) is 0 Å². The fourth-order valence-corrected chi connectivity index (χ4v) is 2.67. The van der Waals surface area contributed by atoms with Crippen molar-refractivity contribution >= 4 is 33.4 Å². The van der Waals surface area contributed by atoms with Crippen molar-refractivity contribution in [3.8, 4) is 0 Å². The maximum atomic E-state index is 11.6. The molecule has 0 aliphatic rings. The molecule has 1 amide bonds. The zero-order valence-corrected chi connectivity index (χ0v) is 11.3. The SMILES string of the molecule is CCCCNC(=O)/C=C/c1csc2ccccc12. The van der Waals surface area contributed by atoms with Crippen molar-refractivity contribution in [2.24, 2.45) is 0 Å². The summed E-state index contributed by atoms with van der Waals surface area (Å²) in [6, 6.07) is 8.23. The molecule has 0 saturated carbocycles. The Hall–Kier alpha value is -1.61. The first-order valence-corrected chi connectivity index (χ1v) is 7.11. The first-order valence-electron chi connectivity index (χ1n) is 6.23. The minimum absolute atomic E-state index is 0.0151. The predicted molar refractivity (Wildman–Crippen MR) is 78.8 cm³/mol. The van der Waals surface area contributed by atoms with Crippen molar-refractivity contribution in [3.05, 3.63) is 41.3 Å². The van der Waals surface area contributed by atoms with Gasteiger partial charge in [-0.25, -0.2) is 0 Å². The second-order valence-corrected chi connectivity index (χ2v) is 5.08. The molecule has 0 aliphatic heterocycles. The topological polar surface area (TPSA) is 29.1 Å². The van der Waals surface area contributed by atoms with Gasteiger partial charge in [0.25, 0.3) is 0 Å². The number of hydrogen-bond acceptors (Lipinski definition) is 2. The Kier molecular flexibility index (Phi) is 4.53. The van der Waals surface area contributed by atoms with Gasteiger partial charge in [0.1, 0.15) is 0 Å². The van der Waals surface area contributed by atoms with Gasteiger partial charge in [0.15, 0.2) is 0 Å². The van der Waals surface area contributed by atoms with Gasteiger partial charge in [-0.2, -0.15) is 0 Å². The molecule has 1 aromatic heterocycles. The highest BCUT2D eigenvalue weighted by Gasteiger charge is 2.00. The molecule has 1 N–H and O–H groups in total. The molecule has 0 spiro atoms. The molecular formula is C15H17NOS. The highest BCUT2D eigenvalue weighted by Crippen LogP contribution is 2.26. The molecule has 0 aliphatic carbocycles. The van der Waals surface area contributed by atoms with Gasteiger partial charge >= 0.3 is 0 Å². The molecule has 0 radical (unpaired) electrons. The summed E-state index contributed by atoms with van der Waals surface area (Å²) in [6.07, 6.45) is 5.63. The summed E-state index contributed by atoms with van der Waals surface area (Å²) < 4.78 is 1.25. The molecule has 1 aromatic carbocycles. The zero-order valence-electron chi connectivity index (χ0n) is 10.5. The third-order valence-corrected chi connectivity index (χ3v) is 3.74. The van der Waals surface area contributed by atoms with Crippen LogP contribution in [0.1, 0.15) is 25.3 Å². The van der Waals surface area contributed by atoms with Crippen LogP contribution in [-0.4, -0.2) is 12.5 Å². The molecule has 0 saturated heterocycles. The van der Waals surface area contributed by atoms with E-state index in [1.54, 1.807) is 17.4 Å². The summed E-state index contributed by atoms with van der Waals surface area (Å²) in [5.74, 6) is -0.0151. The van der Waals surface area contributed by atoms with Crippen molar-refractivity contribution in [1.29, 1.82) is 0 Å². The molecule has 18 heavy (non-hydrogen) atoms. The van der Waals surface area contributed by atoms with Gasteiger partial charge in [0, 0.05) is 17.3 Å². The molecule has 0 bridgehead atoms. The first kappa shape index (κ1) is 12.8. The number of nitrogens with one attached hydrogen (secondary N) is 1. The second kappa shape index (κ2) is 6.36. The van der Waals surface area contributed by atoms with Crippen molar-refractivity contribution in [3.63, 3.8) is 0 Å². The number of rotatable bonds is 5. The minimum Gasteiger partial charge on any atom is -0.353 e. The van der Waals surface area contributed by atoms with Crippen molar-refractivity contribution in [2.45, 2.75) is 19.8 Å². The Morgan fingerprint density at radius 2 is 2.22 bits per heavy atom. The number of hydrogen-bond donors (Lipinski definition) is 1. The fourth-order valence-electron chi connectivity index (χ4n) is 1.74. The van der Waals surface area contributed by atoms with E-state index in [2.05, 4.69) is 29.8 Å². The fraction of sp³-hybridized carbons (Fsp3) is 0.267. The highest BCUT2D eigenvalue weighted by molar-refractivity contribution is 7.17. The lowest BCUT2D eigenvalue weighted by Crippen LogP contribution is -2.21. The smallest absolute Gasteiger partial charge is 0.243 e. The molecule has 94 valence electrons. The second-order valence-electron chi connectivity index (χ2n) is 4.17. The molecule has 2 rings (SSSR count). The standard InChI is InChI=1S/C15H17NOS/c1-2-3-10-16-15(17)9-8-12-11-18-14-7-5-4-6-13(12)14/h4-9,11H,2-3,10H2,1H3,(H,16,17)/b9-8+. The number of benzene rings is 1. The third kappa shape index (κ3) is 3.20. The number of carbonyl (C=O) groups excluding carboxylic acids is 1. The van der Waals surface area contributed by atoms with Crippen molar-refractivity contribution in [2.75, 3.05) is 6.54 Å². The summed E-state index contributed by atoms with van der Waals surface area (Å²) in [7, 11) is 0. The Morgan fingerprint density at radius 1 is 1.39 bits per heavy atom. The molecule has 2 nitrogen and oxygen atoms in total. The Bertz CT molecular complexity index is 556. The number of carbonyl (C=O) groups is 1. The van der Waals surface area contributed by atoms with E-state index in [0.717, 1.165) is 24.9 Å². The lowest BCUT2D eigenvalue weighted by molar-refractivity contribution is -0.116. The molecule has 0 fully saturated rings. The van der Waals surface area contributed by atoms with Crippen LogP contribution in [0, 0.1) is 0 Å². The number of amides is 1. The summed E-state index contributed by atoms with van der Waals surface area (Å²) in [6.45, 7) is 2.86. The van der Waals surface area contributed by atoms with E-state index < -0.39 is 0 Å². The average Bonchev–Trinajstić information content (AvgIpc) is 2.80. The molecule has 1 heterocycles. The number of thiophene rings is 1. The van der Waals surface area contributed by atoms with E-state index in [4.69, 9.17) is 0 Å². The average molecular weight is 259 g/mol. The summed E-state index contributed by atoms with van der Waals surface area (Å²) in [4.78, 5) is 11.6. The van der Waals surface area contributed by atoms with Gasteiger partial charge in [-0.1, -0.05) is 31.5 Å². The Balaban J connectivity index is 2.02. The van der Waals surface area contributed by atoms with Gasteiger partial charge in [0.2, 0.25) is 5.91 Å². The lowest BCUT2D eigenvalue weighted by atomic mass is 10.1. The van der Waals surface area contributed by atoms with Gasteiger partial charge in [-0.05, 0) is 34.9 Å². The van der Waals surface area contributed by atoms with Crippen LogP contribution < -0.4 is 5.32 Å². The largest absolute Gasteiger partial charge is 0.353 e. The van der Waals surface area contributed by atoms with Crippen LogP contribution >= 0.6 is 11.3 Å². The van der Waals surface area contributed by atoms with Crippen LogP contribution in [0.3, 0.4) is 0 Å². The van der Waals surface area contributed by atoms with Crippen LogP contribution in [0.5, 0.6) is 0 Å². The number of unbranched alkanes of at least 4 members (excludes halogenated alkanes) is 1. The van der Waals surface area contributed by atoms with E-state index >= 15 is 0 Å². The van der Waals surface area contributed by atoms with E-state index in [9.17, 15) is 4.79 Å². The maximum Gasteiger partial charge on any atom is 0.243 e. The predicted octanol–water partition coefficient (Wildman–Crippen LogP) is 3.83. The van der Waals surface area contributed by atoms with E-state index in [-0.39, 0.29) is 5.91 Å². The van der Waals surface area contributed by atoms with Crippen molar-refractivity contribution < 1.29 is 4.79 Å². The third-order valence-electron chi connectivity index (χ3n) is 2.75. The van der Waals surface area contributed by atoms with E-state index in [0.29, 0.717) is 0 Å². The van der Waals surface area contributed by atoms with Gasteiger partial charge < -0.3 is 5.32 Å².